The lowest BCUT2D eigenvalue weighted by atomic mass is 9.81. The second-order valence-corrected chi connectivity index (χ2v) is 6.75. The molecule has 2 atom stereocenters. The molecule has 0 bridgehead atoms. The highest BCUT2D eigenvalue weighted by Crippen LogP contribution is 2.45. The molecule has 0 radical (unpaired) electrons. The molecule has 4 fully saturated rings. The first-order chi connectivity index (χ1) is 10.1. The number of urea groups is 1. The molecule has 0 aromatic heterocycles. The van der Waals surface area contributed by atoms with Gasteiger partial charge in [0.1, 0.15) is 5.41 Å². The van der Waals surface area contributed by atoms with Crippen LogP contribution in [0.25, 0.3) is 0 Å². The predicted molar refractivity (Wildman–Crippen MR) is 72.2 cm³/mol. The molecule has 0 aromatic carbocycles. The zero-order chi connectivity index (χ0) is 14.6. The number of rotatable bonds is 2. The summed E-state index contributed by atoms with van der Waals surface area (Å²) in [4.78, 5) is 38.7. The zero-order valence-electron chi connectivity index (χ0n) is 12.0. The van der Waals surface area contributed by atoms with Crippen molar-refractivity contribution in [3.05, 3.63) is 0 Å². The van der Waals surface area contributed by atoms with Crippen LogP contribution in [-0.2, 0) is 14.3 Å². The number of hydrogen-bond acceptors (Lipinski definition) is 4. The van der Waals surface area contributed by atoms with Crippen molar-refractivity contribution in [2.45, 2.75) is 57.1 Å². The van der Waals surface area contributed by atoms with E-state index in [-0.39, 0.29) is 18.1 Å². The van der Waals surface area contributed by atoms with Gasteiger partial charge in [-0.2, -0.15) is 0 Å². The Morgan fingerprint density at radius 1 is 1.10 bits per heavy atom. The molecule has 114 valence electrons. The largest absolute Gasteiger partial charge is 0.376 e. The molecule has 2 heterocycles. The summed E-state index contributed by atoms with van der Waals surface area (Å²) in [6, 6.07) is -0.751. The summed E-state index contributed by atoms with van der Waals surface area (Å²) in [5.41, 5.74) is -0.995. The topological polar surface area (TPSA) is 75.7 Å². The number of hydrogen-bond donors (Lipinski definition) is 1. The molecule has 2 aliphatic heterocycles. The summed E-state index contributed by atoms with van der Waals surface area (Å²) in [7, 11) is 0. The fourth-order valence-corrected chi connectivity index (χ4v) is 4.17. The van der Waals surface area contributed by atoms with E-state index in [1.54, 1.807) is 0 Å². The van der Waals surface area contributed by atoms with E-state index in [2.05, 4.69) is 5.32 Å². The maximum atomic E-state index is 12.9. The first-order valence-electron chi connectivity index (χ1n) is 7.94. The molecule has 4 amide bonds. The van der Waals surface area contributed by atoms with Crippen LogP contribution in [0.3, 0.4) is 0 Å². The van der Waals surface area contributed by atoms with Gasteiger partial charge in [0, 0.05) is 6.61 Å². The molecule has 1 N–H and O–H groups in total. The highest BCUT2D eigenvalue weighted by molar-refractivity contribution is 6.19. The third-order valence-electron chi connectivity index (χ3n) is 5.48. The maximum absolute atomic E-state index is 12.9. The SMILES string of the molecule is O=C1NC(=O)C2(CCCC2)C(=O)N1C1CCOC1C1CC1. The maximum Gasteiger partial charge on any atom is 0.331 e. The molecule has 6 heteroatoms. The fourth-order valence-electron chi connectivity index (χ4n) is 4.17. The van der Waals surface area contributed by atoms with Gasteiger partial charge in [-0.05, 0) is 38.0 Å². The number of carbonyl (C=O) groups is 3. The fraction of sp³-hybridized carbons (Fsp3) is 0.800. The summed E-state index contributed by atoms with van der Waals surface area (Å²) in [6.45, 7) is 0.587. The van der Waals surface area contributed by atoms with Crippen molar-refractivity contribution in [1.82, 2.24) is 10.2 Å². The molecule has 6 nitrogen and oxygen atoms in total. The van der Waals surface area contributed by atoms with E-state index in [0.29, 0.717) is 31.8 Å². The second kappa shape index (κ2) is 4.53. The van der Waals surface area contributed by atoms with Crippen LogP contribution in [0.4, 0.5) is 4.79 Å². The Kier molecular flexibility index (Phi) is 2.86. The van der Waals surface area contributed by atoms with Crippen molar-refractivity contribution in [2.75, 3.05) is 6.61 Å². The highest BCUT2D eigenvalue weighted by Gasteiger charge is 2.58. The lowest BCUT2D eigenvalue weighted by Gasteiger charge is -2.40. The van der Waals surface area contributed by atoms with Crippen LogP contribution in [0.5, 0.6) is 0 Å². The van der Waals surface area contributed by atoms with Crippen LogP contribution in [0.2, 0.25) is 0 Å². The molecular formula is C15H20N2O4. The van der Waals surface area contributed by atoms with Crippen LogP contribution < -0.4 is 5.32 Å². The lowest BCUT2D eigenvalue weighted by molar-refractivity contribution is -0.153. The van der Waals surface area contributed by atoms with Crippen molar-refractivity contribution in [1.29, 1.82) is 0 Å². The standard InChI is InChI=1S/C15H20N2O4/c18-12-15(6-1-2-7-15)13(19)17(14(20)16-12)10-5-8-21-11(10)9-3-4-9/h9-11H,1-8H2,(H,16,18,20). The minimum atomic E-state index is -0.995. The Morgan fingerprint density at radius 3 is 2.48 bits per heavy atom. The Labute approximate surface area is 123 Å². The lowest BCUT2D eigenvalue weighted by Crippen LogP contribution is -2.66. The third-order valence-corrected chi connectivity index (χ3v) is 5.48. The minimum absolute atomic E-state index is 0.0358. The van der Waals surface area contributed by atoms with Crippen LogP contribution in [0, 0.1) is 11.3 Å². The van der Waals surface area contributed by atoms with Crippen molar-refractivity contribution in [3.63, 3.8) is 0 Å². The average molecular weight is 292 g/mol. The summed E-state index contributed by atoms with van der Waals surface area (Å²) in [5, 5.41) is 2.42. The van der Waals surface area contributed by atoms with Gasteiger partial charge in [-0.15, -0.1) is 0 Å². The number of nitrogens with zero attached hydrogens (tertiary/aromatic N) is 1. The van der Waals surface area contributed by atoms with Gasteiger partial charge in [-0.25, -0.2) is 4.79 Å². The highest BCUT2D eigenvalue weighted by atomic mass is 16.5. The first-order valence-corrected chi connectivity index (χ1v) is 7.94. The van der Waals surface area contributed by atoms with Gasteiger partial charge in [0.15, 0.2) is 0 Å². The number of nitrogens with one attached hydrogen (secondary N) is 1. The van der Waals surface area contributed by atoms with Crippen molar-refractivity contribution in [3.8, 4) is 0 Å². The van der Waals surface area contributed by atoms with Crippen LogP contribution >= 0.6 is 0 Å². The van der Waals surface area contributed by atoms with Crippen LogP contribution in [0.1, 0.15) is 44.9 Å². The van der Waals surface area contributed by atoms with Gasteiger partial charge in [-0.3, -0.25) is 19.8 Å². The number of amides is 4. The predicted octanol–water partition coefficient (Wildman–Crippen LogP) is 1.19. The van der Waals surface area contributed by atoms with Crippen LogP contribution in [-0.4, -0.2) is 41.5 Å². The first kappa shape index (κ1) is 13.2. The molecule has 4 aliphatic rings. The van der Waals surface area contributed by atoms with Crippen molar-refractivity contribution in [2.24, 2.45) is 11.3 Å². The number of carbonyl (C=O) groups excluding carboxylic acids is 3. The molecule has 0 aromatic rings. The Morgan fingerprint density at radius 2 is 1.81 bits per heavy atom. The molecule has 2 saturated carbocycles. The summed E-state index contributed by atoms with van der Waals surface area (Å²) in [5.74, 6) is -0.210. The minimum Gasteiger partial charge on any atom is -0.376 e. The van der Waals surface area contributed by atoms with Gasteiger partial charge in [0.2, 0.25) is 11.8 Å². The monoisotopic (exact) mass is 292 g/mol. The van der Waals surface area contributed by atoms with E-state index in [0.717, 1.165) is 25.7 Å². The van der Waals surface area contributed by atoms with Gasteiger partial charge >= 0.3 is 6.03 Å². The molecule has 21 heavy (non-hydrogen) atoms. The smallest absolute Gasteiger partial charge is 0.331 e. The van der Waals surface area contributed by atoms with E-state index >= 15 is 0 Å². The van der Waals surface area contributed by atoms with E-state index in [4.69, 9.17) is 4.74 Å². The Hall–Kier alpha value is -1.43. The molecule has 2 unspecified atom stereocenters. The van der Waals surface area contributed by atoms with E-state index < -0.39 is 17.4 Å². The summed E-state index contributed by atoms with van der Waals surface area (Å²) >= 11 is 0. The zero-order valence-corrected chi connectivity index (χ0v) is 12.0. The van der Waals surface area contributed by atoms with Gasteiger partial charge < -0.3 is 4.74 Å². The van der Waals surface area contributed by atoms with Crippen LogP contribution in [0.15, 0.2) is 0 Å². The molecule has 1 spiro atoms. The normalized spacial score (nSPS) is 35.6. The van der Waals surface area contributed by atoms with Gasteiger partial charge in [0.05, 0.1) is 12.1 Å². The average Bonchev–Trinajstić information content (AvgIpc) is 3.00. The van der Waals surface area contributed by atoms with Gasteiger partial charge in [-0.1, -0.05) is 12.8 Å². The molecular weight excluding hydrogens is 272 g/mol. The van der Waals surface area contributed by atoms with E-state index in [1.165, 1.54) is 4.90 Å². The van der Waals surface area contributed by atoms with E-state index in [1.807, 2.05) is 0 Å². The Balaban J connectivity index is 1.65. The summed E-state index contributed by atoms with van der Waals surface area (Å²) < 4.78 is 5.76. The van der Waals surface area contributed by atoms with Crippen molar-refractivity contribution < 1.29 is 19.1 Å². The number of barbiturate groups is 1. The quantitative estimate of drug-likeness (QED) is 0.776. The number of imide groups is 2. The van der Waals surface area contributed by atoms with E-state index in [9.17, 15) is 14.4 Å². The summed E-state index contributed by atoms with van der Waals surface area (Å²) in [6.07, 6.45) is 5.72. The molecule has 4 rings (SSSR count). The Bertz CT molecular complexity index is 508. The molecule has 2 saturated heterocycles. The third kappa shape index (κ3) is 1.84. The second-order valence-electron chi connectivity index (χ2n) is 6.75. The van der Waals surface area contributed by atoms with Crippen molar-refractivity contribution >= 4 is 17.8 Å². The number of ether oxygens (including phenoxy) is 1. The molecule has 2 aliphatic carbocycles. The van der Waals surface area contributed by atoms with Gasteiger partial charge in [0.25, 0.3) is 0 Å².